The van der Waals surface area contributed by atoms with Crippen LogP contribution in [-0.4, -0.2) is 71.9 Å². The van der Waals surface area contributed by atoms with Gasteiger partial charge in [-0.05, 0) is 30.7 Å². The number of sulfone groups is 1. The number of nitrogens with zero attached hydrogens (tertiary/aromatic N) is 3. The number of hydrogen-bond acceptors (Lipinski definition) is 5. The molecule has 3 rings (SSSR count). The second-order valence-electron chi connectivity index (χ2n) is 7.14. The van der Waals surface area contributed by atoms with Gasteiger partial charge in [-0.15, -0.1) is 0 Å². The Bertz CT molecular complexity index is 940. The average molecular weight is 431 g/mol. The molecule has 0 atom stereocenters. The van der Waals surface area contributed by atoms with Crippen LogP contribution in [-0.2, 0) is 9.84 Å². The first-order chi connectivity index (χ1) is 14.5. The van der Waals surface area contributed by atoms with Crippen LogP contribution in [0.3, 0.4) is 0 Å². The van der Waals surface area contributed by atoms with Crippen molar-refractivity contribution >= 4 is 21.5 Å². The maximum atomic E-state index is 12.4. The normalized spacial score (nSPS) is 15.2. The van der Waals surface area contributed by atoms with Gasteiger partial charge >= 0.3 is 0 Å². The Morgan fingerprint density at radius 1 is 1.07 bits per heavy atom. The SMILES string of the molecule is CN=C(NCCCS(=O)(=O)c1ccccc1)N1CCN(c2cccc(OC)c2)CC1. The van der Waals surface area contributed by atoms with E-state index in [1.165, 1.54) is 0 Å². The molecule has 1 fully saturated rings. The standard InChI is InChI=1S/C22H30N4O3S/c1-23-22(24-12-7-17-30(27,28)21-10-4-3-5-11-21)26-15-13-25(14-16-26)19-8-6-9-20(18-19)29-2/h3-6,8-11,18H,7,12-17H2,1-2H3,(H,23,24). The molecule has 0 unspecified atom stereocenters. The van der Waals surface area contributed by atoms with Crippen molar-refractivity contribution in [2.24, 2.45) is 4.99 Å². The molecule has 0 aromatic heterocycles. The lowest BCUT2D eigenvalue weighted by molar-refractivity contribution is 0.372. The Morgan fingerprint density at radius 3 is 2.47 bits per heavy atom. The molecule has 0 bridgehead atoms. The number of guanidine groups is 1. The minimum absolute atomic E-state index is 0.116. The number of ether oxygens (including phenoxy) is 1. The summed E-state index contributed by atoms with van der Waals surface area (Å²) in [5.74, 6) is 1.79. The van der Waals surface area contributed by atoms with Crippen LogP contribution < -0.4 is 15.0 Å². The molecule has 0 amide bonds. The molecule has 1 N–H and O–H groups in total. The monoisotopic (exact) mass is 430 g/mol. The highest BCUT2D eigenvalue weighted by molar-refractivity contribution is 7.91. The summed E-state index contributed by atoms with van der Waals surface area (Å²) in [4.78, 5) is 9.29. The van der Waals surface area contributed by atoms with E-state index in [9.17, 15) is 8.42 Å². The molecule has 7 nitrogen and oxygen atoms in total. The quantitative estimate of drug-likeness (QED) is 0.413. The van der Waals surface area contributed by atoms with Gasteiger partial charge in [-0.1, -0.05) is 24.3 Å². The highest BCUT2D eigenvalue weighted by Gasteiger charge is 2.20. The molecule has 1 aliphatic rings. The van der Waals surface area contributed by atoms with Crippen molar-refractivity contribution in [2.45, 2.75) is 11.3 Å². The zero-order chi connectivity index (χ0) is 21.4. The van der Waals surface area contributed by atoms with E-state index >= 15 is 0 Å². The molecular weight excluding hydrogens is 400 g/mol. The van der Waals surface area contributed by atoms with E-state index in [1.54, 1.807) is 38.4 Å². The Morgan fingerprint density at radius 2 is 1.80 bits per heavy atom. The topological polar surface area (TPSA) is 74.2 Å². The smallest absolute Gasteiger partial charge is 0.193 e. The third kappa shape index (κ3) is 5.66. The summed E-state index contributed by atoms with van der Waals surface area (Å²) < 4.78 is 30.1. The van der Waals surface area contributed by atoms with E-state index in [2.05, 4.69) is 32.2 Å². The van der Waals surface area contributed by atoms with Gasteiger partial charge in [-0.2, -0.15) is 0 Å². The van der Waals surface area contributed by atoms with Crippen LogP contribution in [0.4, 0.5) is 5.69 Å². The van der Waals surface area contributed by atoms with Crippen molar-refractivity contribution in [1.82, 2.24) is 10.2 Å². The van der Waals surface area contributed by atoms with E-state index in [1.807, 2.05) is 18.2 Å². The average Bonchev–Trinajstić information content (AvgIpc) is 2.80. The summed E-state index contributed by atoms with van der Waals surface area (Å²) in [5, 5.41) is 3.31. The Balaban J connectivity index is 1.46. The van der Waals surface area contributed by atoms with E-state index in [0.717, 1.165) is 43.6 Å². The lowest BCUT2D eigenvalue weighted by Gasteiger charge is -2.37. The maximum Gasteiger partial charge on any atom is 0.193 e. The summed E-state index contributed by atoms with van der Waals surface area (Å²) in [6.07, 6.45) is 0.528. The van der Waals surface area contributed by atoms with E-state index in [0.29, 0.717) is 17.9 Å². The predicted octanol–water partition coefficient (Wildman–Crippen LogP) is 2.26. The van der Waals surface area contributed by atoms with Crippen LogP contribution in [0.1, 0.15) is 6.42 Å². The van der Waals surface area contributed by atoms with Crippen molar-refractivity contribution in [3.05, 3.63) is 54.6 Å². The lowest BCUT2D eigenvalue weighted by atomic mass is 10.2. The summed E-state index contributed by atoms with van der Waals surface area (Å²) in [6, 6.07) is 16.7. The summed E-state index contributed by atoms with van der Waals surface area (Å²) in [7, 11) is 0.196. The van der Waals surface area contributed by atoms with Gasteiger partial charge in [-0.25, -0.2) is 8.42 Å². The van der Waals surface area contributed by atoms with Crippen molar-refractivity contribution in [3.63, 3.8) is 0 Å². The number of nitrogens with one attached hydrogen (secondary N) is 1. The molecule has 0 spiro atoms. The van der Waals surface area contributed by atoms with Gasteiger partial charge in [0, 0.05) is 51.5 Å². The molecule has 0 aliphatic carbocycles. The number of rotatable bonds is 7. The van der Waals surface area contributed by atoms with Crippen molar-refractivity contribution in [3.8, 4) is 5.75 Å². The Labute approximate surface area is 179 Å². The second-order valence-corrected chi connectivity index (χ2v) is 9.24. The third-order valence-corrected chi connectivity index (χ3v) is 7.00. The first kappa shape index (κ1) is 22.0. The van der Waals surface area contributed by atoms with Crippen LogP contribution in [0, 0.1) is 0 Å². The van der Waals surface area contributed by atoms with Crippen LogP contribution in [0.5, 0.6) is 5.75 Å². The second kappa shape index (κ2) is 10.3. The van der Waals surface area contributed by atoms with E-state index in [-0.39, 0.29) is 5.75 Å². The number of piperazine rings is 1. The molecule has 1 aliphatic heterocycles. The van der Waals surface area contributed by atoms with Crippen molar-refractivity contribution in [1.29, 1.82) is 0 Å². The molecule has 30 heavy (non-hydrogen) atoms. The van der Waals surface area contributed by atoms with Gasteiger partial charge in [0.2, 0.25) is 0 Å². The van der Waals surface area contributed by atoms with Crippen LogP contribution >= 0.6 is 0 Å². The fraction of sp³-hybridized carbons (Fsp3) is 0.409. The maximum absolute atomic E-state index is 12.4. The fourth-order valence-corrected chi connectivity index (χ4v) is 4.86. The molecular formula is C22H30N4O3S. The molecule has 2 aromatic rings. The highest BCUT2D eigenvalue weighted by atomic mass is 32.2. The number of hydrogen-bond donors (Lipinski definition) is 1. The third-order valence-electron chi connectivity index (χ3n) is 5.18. The van der Waals surface area contributed by atoms with Gasteiger partial charge in [0.15, 0.2) is 15.8 Å². The molecule has 1 heterocycles. The number of anilines is 1. The largest absolute Gasteiger partial charge is 0.497 e. The first-order valence-corrected chi connectivity index (χ1v) is 11.8. The molecule has 1 saturated heterocycles. The lowest BCUT2D eigenvalue weighted by Crippen LogP contribution is -2.52. The van der Waals surface area contributed by atoms with Crippen LogP contribution in [0.25, 0.3) is 0 Å². The minimum Gasteiger partial charge on any atom is -0.497 e. The Hall–Kier alpha value is -2.74. The molecule has 2 aromatic carbocycles. The van der Waals surface area contributed by atoms with Gasteiger partial charge < -0.3 is 19.9 Å². The molecule has 0 saturated carbocycles. The van der Waals surface area contributed by atoms with Crippen molar-refractivity contribution in [2.75, 3.05) is 57.5 Å². The Kier molecular flexibility index (Phi) is 7.57. The number of aliphatic imine (C=N–C) groups is 1. The van der Waals surface area contributed by atoms with E-state index < -0.39 is 9.84 Å². The van der Waals surface area contributed by atoms with Crippen LogP contribution in [0.15, 0.2) is 64.5 Å². The van der Waals surface area contributed by atoms with Crippen LogP contribution in [0.2, 0.25) is 0 Å². The van der Waals surface area contributed by atoms with Crippen molar-refractivity contribution < 1.29 is 13.2 Å². The molecule has 8 heteroatoms. The van der Waals surface area contributed by atoms with Gasteiger partial charge in [0.05, 0.1) is 17.8 Å². The molecule has 0 radical (unpaired) electrons. The summed E-state index contributed by atoms with van der Waals surface area (Å²) in [5.41, 5.74) is 1.16. The fourth-order valence-electron chi connectivity index (χ4n) is 3.52. The minimum atomic E-state index is -3.24. The summed E-state index contributed by atoms with van der Waals surface area (Å²) >= 11 is 0. The number of benzene rings is 2. The van der Waals surface area contributed by atoms with Gasteiger partial charge in [0.1, 0.15) is 5.75 Å². The zero-order valence-electron chi connectivity index (χ0n) is 17.6. The predicted molar refractivity (Wildman–Crippen MR) is 121 cm³/mol. The summed E-state index contributed by atoms with van der Waals surface area (Å²) in [6.45, 7) is 4.03. The van der Waals surface area contributed by atoms with Gasteiger partial charge in [0.25, 0.3) is 0 Å². The number of methoxy groups -OCH3 is 1. The highest BCUT2D eigenvalue weighted by Crippen LogP contribution is 2.22. The van der Waals surface area contributed by atoms with Gasteiger partial charge in [-0.3, -0.25) is 4.99 Å². The molecule has 162 valence electrons. The zero-order valence-corrected chi connectivity index (χ0v) is 18.4. The van der Waals surface area contributed by atoms with E-state index in [4.69, 9.17) is 4.74 Å². The first-order valence-electron chi connectivity index (χ1n) is 10.2.